The summed E-state index contributed by atoms with van der Waals surface area (Å²) in [6.45, 7) is 11.2. The van der Waals surface area contributed by atoms with E-state index in [1.807, 2.05) is 39.0 Å². The molecule has 1 aromatic carbocycles. The first-order valence-electron chi connectivity index (χ1n) is 8.32. The number of amides is 1. The molecule has 1 amide bonds. The van der Waals surface area contributed by atoms with Gasteiger partial charge in [0.05, 0.1) is 6.04 Å². The summed E-state index contributed by atoms with van der Waals surface area (Å²) >= 11 is 0. The van der Waals surface area contributed by atoms with Crippen LogP contribution in [-0.2, 0) is 11.3 Å². The van der Waals surface area contributed by atoms with Crippen LogP contribution in [0.3, 0.4) is 0 Å². The molecule has 1 aliphatic heterocycles. The summed E-state index contributed by atoms with van der Waals surface area (Å²) in [5, 5.41) is 2.94. The van der Waals surface area contributed by atoms with Crippen molar-refractivity contribution >= 4 is 11.6 Å². The second-order valence-corrected chi connectivity index (χ2v) is 7.61. The van der Waals surface area contributed by atoms with Crippen molar-refractivity contribution in [2.45, 2.75) is 33.4 Å². The van der Waals surface area contributed by atoms with Gasteiger partial charge in [0.25, 0.3) is 0 Å². The fourth-order valence-corrected chi connectivity index (χ4v) is 2.62. The maximum absolute atomic E-state index is 12.2. The fraction of sp³-hybridized carbons (Fsp3) is 0.611. The molecule has 0 aromatic heterocycles. The highest BCUT2D eigenvalue weighted by molar-refractivity contribution is 5.95. The third-order valence-corrected chi connectivity index (χ3v) is 4.41. The highest BCUT2D eigenvalue weighted by atomic mass is 16.2. The maximum atomic E-state index is 12.2. The topological polar surface area (TPSA) is 61.6 Å². The summed E-state index contributed by atoms with van der Waals surface area (Å²) in [6, 6.07) is 7.54. The van der Waals surface area contributed by atoms with Gasteiger partial charge >= 0.3 is 0 Å². The zero-order valence-electron chi connectivity index (χ0n) is 14.8. The zero-order chi connectivity index (χ0) is 17.0. The van der Waals surface area contributed by atoms with E-state index < -0.39 is 6.04 Å². The van der Waals surface area contributed by atoms with Crippen molar-refractivity contribution in [3.8, 4) is 0 Å². The molecule has 5 nitrogen and oxygen atoms in total. The molecule has 0 bridgehead atoms. The Morgan fingerprint density at radius 3 is 2.52 bits per heavy atom. The molecule has 0 radical (unpaired) electrons. The van der Waals surface area contributed by atoms with Crippen LogP contribution in [0.25, 0.3) is 0 Å². The molecule has 0 unspecified atom stereocenters. The summed E-state index contributed by atoms with van der Waals surface area (Å²) < 4.78 is 0. The molecule has 3 N–H and O–H groups in total. The van der Waals surface area contributed by atoms with Crippen LogP contribution in [0.4, 0.5) is 5.69 Å². The molecule has 0 spiro atoms. The first kappa shape index (κ1) is 17.9. The van der Waals surface area contributed by atoms with Crippen LogP contribution >= 0.6 is 0 Å². The predicted octanol–water partition coefficient (Wildman–Crippen LogP) is 1.75. The van der Waals surface area contributed by atoms with Crippen molar-refractivity contribution in [1.82, 2.24) is 9.80 Å². The lowest BCUT2D eigenvalue weighted by Crippen LogP contribution is -2.45. The van der Waals surface area contributed by atoms with E-state index in [0.29, 0.717) is 0 Å². The average Bonchev–Trinajstić information content (AvgIpc) is 2.48. The molecule has 5 heteroatoms. The molecule has 1 fully saturated rings. The van der Waals surface area contributed by atoms with Crippen LogP contribution in [0.1, 0.15) is 26.3 Å². The molecular weight excluding hydrogens is 288 g/mol. The number of hydrogen-bond donors (Lipinski definition) is 2. The van der Waals surface area contributed by atoms with Gasteiger partial charge in [-0.1, -0.05) is 32.9 Å². The second-order valence-electron chi connectivity index (χ2n) is 7.61. The fourth-order valence-electron chi connectivity index (χ4n) is 2.62. The van der Waals surface area contributed by atoms with Crippen molar-refractivity contribution in [2.24, 2.45) is 11.1 Å². The number of hydrogen-bond acceptors (Lipinski definition) is 4. The van der Waals surface area contributed by atoms with Gasteiger partial charge in [0, 0.05) is 38.4 Å². The molecule has 1 saturated heterocycles. The van der Waals surface area contributed by atoms with Crippen LogP contribution in [0.15, 0.2) is 24.3 Å². The number of nitrogens with one attached hydrogen (secondary N) is 1. The highest BCUT2D eigenvalue weighted by Gasteiger charge is 2.27. The lowest BCUT2D eigenvalue weighted by molar-refractivity contribution is -0.119. The number of carbonyl (C=O) groups is 1. The van der Waals surface area contributed by atoms with E-state index in [1.165, 1.54) is 5.56 Å². The number of anilines is 1. The number of piperazine rings is 1. The van der Waals surface area contributed by atoms with Crippen LogP contribution < -0.4 is 11.1 Å². The van der Waals surface area contributed by atoms with Gasteiger partial charge in [0.1, 0.15) is 0 Å². The molecule has 1 aliphatic rings. The van der Waals surface area contributed by atoms with Crippen molar-refractivity contribution in [2.75, 3.05) is 38.5 Å². The first-order valence-corrected chi connectivity index (χ1v) is 8.32. The van der Waals surface area contributed by atoms with Gasteiger partial charge in [0.15, 0.2) is 0 Å². The molecule has 2 rings (SSSR count). The van der Waals surface area contributed by atoms with E-state index in [-0.39, 0.29) is 11.3 Å². The minimum atomic E-state index is -0.524. The Bertz CT molecular complexity index is 530. The SMILES string of the molecule is CN1CCN(Cc2cccc(NC(=O)[C@@H](N)C(C)(C)C)c2)CC1. The molecule has 1 heterocycles. The Morgan fingerprint density at radius 2 is 1.91 bits per heavy atom. The monoisotopic (exact) mass is 318 g/mol. The van der Waals surface area contributed by atoms with Gasteiger partial charge in [-0.25, -0.2) is 0 Å². The predicted molar refractivity (Wildman–Crippen MR) is 95.3 cm³/mol. The lowest BCUT2D eigenvalue weighted by Gasteiger charge is -2.32. The maximum Gasteiger partial charge on any atom is 0.241 e. The third kappa shape index (κ3) is 5.30. The van der Waals surface area contributed by atoms with Crippen molar-refractivity contribution in [3.63, 3.8) is 0 Å². The van der Waals surface area contributed by atoms with Gasteiger partial charge in [0.2, 0.25) is 5.91 Å². The number of nitrogens with two attached hydrogens (primary N) is 1. The Labute approximate surface area is 139 Å². The minimum Gasteiger partial charge on any atom is -0.325 e. The molecule has 128 valence electrons. The van der Waals surface area contributed by atoms with Crippen LogP contribution in [-0.4, -0.2) is 55.0 Å². The van der Waals surface area contributed by atoms with E-state index >= 15 is 0 Å². The molecule has 1 aromatic rings. The van der Waals surface area contributed by atoms with Crippen molar-refractivity contribution in [1.29, 1.82) is 0 Å². The number of nitrogens with zero attached hydrogens (tertiary/aromatic N) is 2. The van der Waals surface area contributed by atoms with Gasteiger partial charge in [-0.05, 0) is 30.2 Å². The van der Waals surface area contributed by atoms with Crippen LogP contribution in [0.5, 0.6) is 0 Å². The largest absolute Gasteiger partial charge is 0.325 e. The molecule has 23 heavy (non-hydrogen) atoms. The van der Waals surface area contributed by atoms with E-state index in [4.69, 9.17) is 5.73 Å². The first-order chi connectivity index (χ1) is 10.8. The van der Waals surface area contributed by atoms with Gasteiger partial charge in [-0.15, -0.1) is 0 Å². The van der Waals surface area contributed by atoms with Crippen LogP contribution in [0, 0.1) is 5.41 Å². The van der Waals surface area contributed by atoms with Gasteiger partial charge < -0.3 is 16.0 Å². The summed E-state index contributed by atoms with van der Waals surface area (Å²) in [6.07, 6.45) is 0. The Morgan fingerprint density at radius 1 is 1.26 bits per heavy atom. The third-order valence-electron chi connectivity index (χ3n) is 4.41. The molecule has 0 saturated carbocycles. The summed E-state index contributed by atoms with van der Waals surface area (Å²) in [5.41, 5.74) is 7.81. The zero-order valence-corrected chi connectivity index (χ0v) is 14.8. The number of rotatable bonds is 4. The molecular formula is C18H30N4O. The van der Waals surface area contributed by atoms with Gasteiger partial charge in [-0.2, -0.15) is 0 Å². The Kier molecular flexibility index (Phi) is 5.79. The van der Waals surface area contributed by atoms with Gasteiger partial charge in [-0.3, -0.25) is 9.69 Å². The van der Waals surface area contributed by atoms with E-state index in [2.05, 4.69) is 28.2 Å². The molecule has 0 aliphatic carbocycles. The Hall–Kier alpha value is -1.43. The Balaban J connectivity index is 1.96. The normalized spacial score (nSPS) is 18.7. The van der Waals surface area contributed by atoms with E-state index in [9.17, 15) is 4.79 Å². The number of benzene rings is 1. The minimum absolute atomic E-state index is 0.130. The second kappa shape index (κ2) is 7.43. The summed E-state index contributed by atoms with van der Waals surface area (Å²) in [7, 11) is 2.16. The van der Waals surface area contributed by atoms with Crippen molar-refractivity contribution < 1.29 is 4.79 Å². The lowest BCUT2D eigenvalue weighted by atomic mass is 9.87. The number of carbonyl (C=O) groups excluding carboxylic acids is 1. The standard InChI is InChI=1S/C18H30N4O/c1-18(2,3)16(19)17(23)20-15-7-5-6-14(12-15)13-22-10-8-21(4)9-11-22/h5-7,12,16H,8-11,13,19H2,1-4H3,(H,20,23)/t16-/m1/s1. The highest BCUT2D eigenvalue weighted by Crippen LogP contribution is 2.20. The van der Waals surface area contributed by atoms with Crippen molar-refractivity contribution in [3.05, 3.63) is 29.8 Å². The molecule has 1 atom stereocenters. The number of likely N-dealkylation sites (N-methyl/N-ethyl adjacent to an activating group) is 1. The quantitative estimate of drug-likeness (QED) is 0.888. The summed E-state index contributed by atoms with van der Waals surface area (Å²) in [4.78, 5) is 17.0. The summed E-state index contributed by atoms with van der Waals surface area (Å²) in [5.74, 6) is -0.130. The van der Waals surface area contributed by atoms with Crippen LogP contribution in [0.2, 0.25) is 0 Å². The van der Waals surface area contributed by atoms with E-state index in [0.717, 1.165) is 38.4 Å². The van der Waals surface area contributed by atoms with E-state index in [1.54, 1.807) is 0 Å². The average molecular weight is 318 g/mol. The smallest absolute Gasteiger partial charge is 0.241 e.